The Bertz CT molecular complexity index is 92.9. The zero-order chi connectivity index (χ0) is 6.91. The topological polar surface area (TPSA) is 12.0 Å². The first kappa shape index (κ1) is 6.86. The fourth-order valence-electron chi connectivity index (χ4n) is 0.784. The second kappa shape index (κ2) is 2.17. The van der Waals surface area contributed by atoms with Gasteiger partial charge in [0.2, 0.25) is 0 Å². The van der Waals surface area contributed by atoms with Crippen molar-refractivity contribution in [3.8, 4) is 0 Å². The smallest absolute Gasteiger partial charge is 0.312 e. The quantitative estimate of drug-likeness (QED) is 0.532. The van der Waals surface area contributed by atoms with Crippen LogP contribution in [0, 0.1) is 12.5 Å². The lowest BCUT2D eigenvalue weighted by Crippen LogP contribution is -2.24. The molecule has 0 aromatic rings. The molecule has 4 heteroatoms. The Kier molecular flexibility index (Phi) is 1.66. The summed E-state index contributed by atoms with van der Waals surface area (Å²) >= 11 is 0. The number of alkyl halides is 3. The van der Waals surface area contributed by atoms with Gasteiger partial charge in [-0.2, -0.15) is 13.2 Å². The average molecular weight is 138 g/mol. The molecule has 1 aliphatic heterocycles. The summed E-state index contributed by atoms with van der Waals surface area (Å²) in [6, 6.07) is 0. The zero-order valence-electron chi connectivity index (χ0n) is 4.70. The first-order valence-corrected chi connectivity index (χ1v) is 2.72. The van der Waals surface area contributed by atoms with Crippen LogP contribution >= 0.6 is 0 Å². The third-order valence-corrected chi connectivity index (χ3v) is 1.37. The van der Waals surface area contributed by atoms with Crippen LogP contribution in [0.4, 0.5) is 13.2 Å². The summed E-state index contributed by atoms with van der Waals surface area (Å²) in [5, 5.41) is 2.53. The van der Waals surface area contributed by atoms with Crippen LogP contribution in [0.5, 0.6) is 0 Å². The van der Waals surface area contributed by atoms with E-state index in [0.717, 1.165) is 0 Å². The van der Waals surface area contributed by atoms with E-state index in [2.05, 4.69) is 5.32 Å². The SMILES string of the molecule is FC(F)(F)C1C[CH]NC1. The van der Waals surface area contributed by atoms with Crippen LogP contribution in [-0.2, 0) is 0 Å². The highest BCUT2D eigenvalue weighted by Crippen LogP contribution is 2.31. The Morgan fingerprint density at radius 2 is 2.11 bits per heavy atom. The highest BCUT2D eigenvalue weighted by Gasteiger charge is 2.40. The van der Waals surface area contributed by atoms with Gasteiger partial charge in [-0.1, -0.05) is 0 Å². The molecule has 1 saturated heterocycles. The van der Waals surface area contributed by atoms with Crippen molar-refractivity contribution in [3.63, 3.8) is 0 Å². The molecule has 1 N–H and O–H groups in total. The largest absolute Gasteiger partial charge is 0.393 e. The van der Waals surface area contributed by atoms with Crippen LogP contribution in [0.15, 0.2) is 0 Å². The van der Waals surface area contributed by atoms with Crippen LogP contribution in [0.1, 0.15) is 6.42 Å². The van der Waals surface area contributed by atoms with Crippen molar-refractivity contribution >= 4 is 0 Å². The minimum atomic E-state index is -4.01. The van der Waals surface area contributed by atoms with Crippen molar-refractivity contribution in [1.29, 1.82) is 0 Å². The molecule has 1 aliphatic rings. The zero-order valence-corrected chi connectivity index (χ0v) is 4.70. The minimum Gasteiger partial charge on any atom is -0.312 e. The molecule has 0 spiro atoms. The number of halogens is 3. The molecule has 0 saturated carbocycles. The molecule has 0 bridgehead atoms. The predicted molar refractivity (Wildman–Crippen MR) is 26.5 cm³/mol. The second-order valence-electron chi connectivity index (χ2n) is 2.09. The maximum Gasteiger partial charge on any atom is 0.393 e. The lowest BCUT2D eigenvalue weighted by atomic mass is 10.1. The molecule has 0 aromatic heterocycles. The number of nitrogens with one attached hydrogen (secondary N) is 1. The lowest BCUT2D eigenvalue weighted by Gasteiger charge is -2.11. The molecule has 1 radical (unpaired) electrons. The summed E-state index contributed by atoms with van der Waals surface area (Å²) < 4.78 is 35.1. The van der Waals surface area contributed by atoms with E-state index in [0.29, 0.717) is 0 Å². The maximum absolute atomic E-state index is 11.7. The van der Waals surface area contributed by atoms with Crippen molar-refractivity contribution in [3.05, 3.63) is 6.54 Å². The normalized spacial score (nSPS) is 29.0. The standard InChI is InChI=1S/C5H7F3N/c6-5(7,8)4-1-2-9-3-4/h2,4,9H,1,3H2. The highest BCUT2D eigenvalue weighted by molar-refractivity contribution is 4.83. The molecular formula is C5H7F3N. The Morgan fingerprint density at radius 3 is 2.33 bits per heavy atom. The highest BCUT2D eigenvalue weighted by atomic mass is 19.4. The molecule has 0 aromatic carbocycles. The third-order valence-electron chi connectivity index (χ3n) is 1.37. The Balaban J connectivity index is 2.42. The van der Waals surface area contributed by atoms with E-state index in [1.54, 1.807) is 0 Å². The second-order valence-corrected chi connectivity index (χ2v) is 2.09. The number of hydrogen-bond donors (Lipinski definition) is 1. The van der Waals surface area contributed by atoms with Crippen LogP contribution < -0.4 is 5.32 Å². The average Bonchev–Trinajstić information content (AvgIpc) is 2.08. The third kappa shape index (κ3) is 1.58. The molecule has 1 unspecified atom stereocenters. The fourth-order valence-corrected chi connectivity index (χ4v) is 0.784. The van der Waals surface area contributed by atoms with Gasteiger partial charge in [-0.3, -0.25) is 0 Å². The van der Waals surface area contributed by atoms with Gasteiger partial charge in [0.1, 0.15) is 0 Å². The van der Waals surface area contributed by atoms with E-state index >= 15 is 0 Å². The molecule has 1 atom stereocenters. The summed E-state index contributed by atoms with van der Waals surface area (Å²) in [6.07, 6.45) is -3.90. The monoisotopic (exact) mass is 138 g/mol. The van der Waals surface area contributed by atoms with E-state index in [4.69, 9.17) is 0 Å². The van der Waals surface area contributed by atoms with Crippen LogP contribution in [-0.4, -0.2) is 12.7 Å². The van der Waals surface area contributed by atoms with Gasteiger partial charge in [0.25, 0.3) is 0 Å². The van der Waals surface area contributed by atoms with Crippen LogP contribution in [0.25, 0.3) is 0 Å². The molecule has 0 aliphatic carbocycles. The first-order valence-electron chi connectivity index (χ1n) is 2.72. The van der Waals surface area contributed by atoms with Gasteiger partial charge in [0.05, 0.1) is 5.92 Å². The van der Waals surface area contributed by atoms with Crippen molar-refractivity contribution in [2.24, 2.45) is 5.92 Å². The number of hydrogen-bond acceptors (Lipinski definition) is 1. The van der Waals surface area contributed by atoms with Gasteiger partial charge in [0.15, 0.2) is 0 Å². The van der Waals surface area contributed by atoms with E-state index in [1.165, 1.54) is 6.54 Å². The maximum atomic E-state index is 11.7. The van der Waals surface area contributed by atoms with Crippen molar-refractivity contribution in [1.82, 2.24) is 5.32 Å². The molecular weight excluding hydrogens is 131 g/mol. The summed E-state index contributed by atoms with van der Waals surface area (Å²) in [5.41, 5.74) is 0. The predicted octanol–water partition coefficient (Wildman–Crippen LogP) is 1.32. The van der Waals surface area contributed by atoms with Crippen molar-refractivity contribution < 1.29 is 13.2 Å². The minimum absolute atomic E-state index is 0.0451. The molecule has 1 fully saturated rings. The molecule has 1 heterocycles. The van der Waals surface area contributed by atoms with Crippen LogP contribution in [0.3, 0.4) is 0 Å². The van der Waals surface area contributed by atoms with Gasteiger partial charge in [0, 0.05) is 13.1 Å². The molecule has 0 amide bonds. The molecule has 1 nitrogen and oxygen atoms in total. The van der Waals surface area contributed by atoms with Crippen molar-refractivity contribution in [2.45, 2.75) is 12.6 Å². The van der Waals surface area contributed by atoms with E-state index in [-0.39, 0.29) is 13.0 Å². The van der Waals surface area contributed by atoms with Crippen molar-refractivity contribution in [2.75, 3.05) is 6.54 Å². The Morgan fingerprint density at radius 1 is 1.44 bits per heavy atom. The summed E-state index contributed by atoms with van der Waals surface area (Å²) in [7, 11) is 0. The fraction of sp³-hybridized carbons (Fsp3) is 0.800. The Labute approximate surface area is 51.2 Å². The van der Waals surface area contributed by atoms with Gasteiger partial charge in [-0.15, -0.1) is 0 Å². The van der Waals surface area contributed by atoms with Gasteiger partial charge >= 0.3 is 6.18 Å². The Hall–Kier alpha value is -0.250. The van der Waals surface area contributed by atoms with Crippen LogP contribution in [0.2, 0.25) is 0 Å². The molecule has 1 rings (SSSR count). The van der Waals surface area contributed by atoms with Gasteiger partial charge in [-0.25, -0.2) is 0 Å². The van der Waals surface area contributed by atoms with Gasteiger partial charge in [-0.05, 0) is 6.42 Å². The van der Waals surface area contributed by atoms with E-state index in [9.17, 15) is 13.2 Å². The molecule has 9 heavy (non-hydrogen) atoms. The van der Waals surface area contributed by atoms with Gasteiger partial charge < -0.3 is 5.32 Å². The lowest BCUT2D eigenvalue weighted by molar-refractivity contribution is -0.168. The summed E-state index contributed by atoms with van der Waals surface area (Å²) in [5.74, 6) is -1.16. The summed E-state index contributed by atoms with van der Waals surface area (Å²) in [4.78, 5) is 0. The first-order chi connectivity index (χ1) is 4.11. The number of rotatable bonds is 0. The van der Waals surface area contributed by atoms with E-state index in [1.807, 2.05) is 0 Å². The molecule has 53 valence electrons. The van der Waals surface area contributed by atoms with E-state index < -0.39 is 12.1 Å². The summed E-state index contributed by atoms with van der Waals surface area (Å²) in [6.45, 7) is 1.50.